The molecule has 5 heteroatoms. The number of halogens is 2. The van der Waals surface area contributed by atoms with Gasteiger partial charge in [0.2, 0.25) is 5.91 Å². The monoisotopic (exact) mass is 316 g/mol. The quantitative estimate of drug-likeness (QED) is 0.905. The van der Waals surface area contributed by atoms with Crippen LogP contribution in [0.15, 0.2) is 16.6 Å². The molecule has 0 saturated heterocycles. The summed E-state index contributed by atoms with van der Waals surface area (Å²) in [4.78, 5) is 13.6. The molecule has 1 aromatic rings. The summed E-state index contributed by atoms with van der Waals surface area (Å²) in [7, 11) is 0. The van der Waals surface area contributed by atoms with Crippen molar-refractivity contribution in [2.24, 2.45) is 0 Å². The molecule has 0 bridgehead atoms. The second kappa shape index (κ2) is 6.73. The lowest BCUT2D eigenvalue weighted by atomic mass is 10.2. The van der Waals surface area contributed by atoms with Gasteiger partial charge in [-0.25, -0.2) is 4.39 Å². The Bertz CT molecular complexity index is 433. The van der Waals surface area contributed by atoms with Crippen LogP contribution >= 0.6 is 15.9 Å². The number of aryl methyl sites for hydroxylation is 1. The zero-order chi connectivity index (χ0) is 13.7. The minimum absolute atomic E-state index is 0.0415. The van der Waals surface area contributed by atoms with Crippen LogP contribution in [0.2, 0.25) is 0 Å². The maximum Gasteiger partial charge on any atom is 0.241 e. The average Bonchev–Trinajstić information content (AvgIpc) is 2.33. The number of carbonyl (C=O) groups is 1. The molecule has 0 fully saturated rings. The van der Waals surface area contributed by atoms with Crippen molar-refractivity contribution in [1.82, 2.24) is 4.90 Å². The molecule has 0 radical (unpaired) electrons. The zero-order valence-electron chi connectivity index (χ0n) is 10.9. The van der Waals surface area contributed by atoms with Crippen LogP contribution in [0.25, 0.3) is 0 Å². The van der Waals surface area contributed by atoms with Gasteiger partial charge in [0.15, 0.2) is 0 Å². The lowest BCUT2D eigenvalue weighted by Crippen LogP contribution is -2.35. The van der Waals surface area contributed by atoms with Crippen LogP contribution in [0.5, 0.6) is 0 Å². The zero-order valence-corrected chi connectivity index (χ0v) is 12.5. The van der Waals surface area contributed by atoms with Crippen LogP contribution in [0.1, 0.15) is 19.4 Å². The van der Waals surface area contributed by atoms with Gasteiger partial charge in [0.05, 0.1) is 11.0 Å². The van der Waals surface area contributed by atoms with Crippen molar-refractivity contribution in [2.45, 2.75) is 20.8 Å². The highest BCUT2D eigenvalue weighted by Gasteiger charge is 2.10. The second-order valence-electron chi connectivity index (χ2n) is 4.00. The number of amides is 1. The molecule has 1 amide bonds. The number of anilines is 1. The van der Waals surface area contributed by atoms with Crippen molar-refractivity contribution in [2.75, 3.05) is 25.0 Å². The molecule has 100 valence electrons. The van der Waals surface area contributed by atoms with E-state index < -0.39 is 0 Å². The molecular weight excluding hydrogens is 299 g/mol. The van der Waals surface area contributed by atoms with E-state index in [-0.39, 0.29) is 18.3 Å². The Hall–Kier alpha value is -1.10. The Kier molecular flexibility index (Phi) is 5.59. The third kappa shape index (κ3) is 3.70. The van der Waals surface area contributed by atoms with E-state index >= 15 is 0 Å². The molecule has 0 unspecified atom stereocenters. The summed E-state index contributed by atoms with van der Waals surface area (Å²) in [6.45, 7) is 7.31. The number of likely N-dealkylation sites (N-methyl/N-ethyl adjacent to an activating group) is 1. The van der Waals surface area contributed by atoms with E-state index in [9.17, 15) is 9.18 Å². The number of carbonyl (C=O) groups excluding carboxylic acids is 1. The topological polar surface area (TPSA) is 32.3 Å². The molecule has 1 rings (SSSR count). The van der Waals surface area contributed by atoms with Gasteiger partial charge in [0.1, 0.15) is 5.82 Å². The molecule has 3 nitrogen and oxygen atoms in total. The highest BCUT2D eigenvalue weighted by Crippen LogP contribution is 2.24. The number of hydrogen-bond donors (Lipinski definition) is 1. The Morgan fingerprint density at radius 3 is 2.56 bits per heavy atom. The predicted octanol–water partition coefficient (Wildman–Crippen LogP) is 3.18. The van der Waals surface area contributed by atoms with E-state index in [1.807, 2.05) is 13.8 Å². The van der Waals surface area contributed by atoms with Crippen molar-refractivity contribution in [1.29, 1.82) is 0 Å². The summed E-state index contributed by atoms with van der Waals surface area (Å²) in [6, 6.07) is 3.09. The first-order valence-corrected chi connectivity index (χ1v) is 6.76. The van der Waals surface area contributed by atoms with Crippen molar-refractivity contribution < 1.29 is 9.18 Å². The largest absolute Gasteiger partial charge is 0.376 e. The van der Waals surface area contributed by atoms with Gasteiger partial charge in [-0.2, -0.15) is 0 Å². The van der Waals surface area contributed by atoms with Gasteiger partial charge < -0.3 is 10.2 Å². The first-order valence-electron chi connectivity index (χ1n) is 5.96. The molecule has 0 aromatic heterocycles. The molecule has 0 heterocycles. The third-order valence-corrected chi connectivity index (χ3v) is 3.42. The van der Waals surface area contributed by atoms with Crippen LogP contribution in [-0.2, 0) is 4.79 Å². The summed E-state index contributed by atoms with van der Waals surface area (Å²) in [5.41, 5.74) is 1.55. The maximum atomic E-state index is 13.2. The summed E-state index contributed by atoms with van der Waals surface area (Å²) in [5.74, 6) is -0.257. The van der Waals surface area contributed by atoms with Crippen LogP contribution in [0.3, 0.4) is 0 Å². The van der Waals surface area contributed by atoms with Gasteiger partial charge in [-0.1, -0.05) is 0 Å². The Morgan fingerprint density at radius 1 is 1.39 bits per heavy atom. The van der Waals surface area contributed by atoms with Gasteiger partial charge in [0.25, 0.3) is 0 Å². The second-order valence-corrected chi connectivity index (χ2v) is 4.86. The molecule has 0 saturated carbocycles. The summed E-state index contributed by atoms with van der Waals surface area (Å²) in [5, 5.41) is 3.04. The predicted molar refractivity (Wildman–Crippen MR) is 75.3 cm³/mol. The minimum atomic E-state index is -0.298. The SMILES string of the molecule is CCN(CC)C(=O)CNc1cc(Br)c(F)cc1C. The van der Waals surface area contributed by atoms with Gasteiger partial charge in [-0.15, -0.1) is 0 Å². The third-order valence-electron chi connectivity index (χ3n) is 2.81. The molecule has 1 N–H and O–H groups in total. The van der Waals surface area contributed by atoms with E-state index in [1.54, 1.807) is 17.9 Å². The normalized spacial score (nSPS) is 10.3. The number of benzene rings is 1. The molecule has 0 atom stereocenters. The Morgan fingerprint density at radius 2 is 2.00 bits per heavy atom. The smallest absolute Gasteiger partial charge is 0.241 e. The molecule has 1 aromatic carbocycles. The van der Waals surface area contributed by atoms with Crippen molar-refractivity contribution in [3.63, 3.8) is 0 Å². The fourth-order valence-corrected chi connectivity index (χ4v) is 2.04. The summed E-state index contributed by atoms with van der Waals surface area (Å²) >= 11 is 3.13. The minimum Gasteiger partial charge on any atom is -0.376 e. The molecule has 0 aliphatic rings. The van der Waals surface area contributed by atoms with E-state index in [0.717, 1.165) is 11.3 Å². The highest BCUT2D eigenvalue weighted by atomic mass is 79.9. The number of nitrogens with zero attached hydrogens (tertiary/aromatic N) is 1. The fraction of sp³-hybridized carbons (Fsp3) is 0.462. The lowest BCUT2D eigenvalue weighted by Gasteiger charge is -2.19. The summed E-state index contributed by atoms with van der Waals surface area (Å²) < 4.78 is 13.6. The number of rotatable bonds is 5. The van der Waals surface area contributed by atoms with Crippen molar-refractivity contribution in [3.05, 3.63) is 28.0 Å². The van der Waals surface area contributed by atoms with Crippen molar-refractivity contribution in [3.8, 4) is 0 Å². The first kappa shape index (κ1) is 15.0. The van der Waals surface area contributed by atoms with Crippen LogP contribution < -0.4 is 5.32 Å². The van der Waals surface area contributed by atoms with Gasteiger partial charge >= 0.3 is 0 Å². The molecule has 0 aliphatic heterocycles. The fourth-order valence-electron chi connectivity index (χ4n) is 1.70. The van der Waals surface area contributed by atoms with Gasteiger partial charge in [-0.05, 0) is 54.4 Å². The van der Waals surface area contributed by atoms with Crippen LogP contribution in [-0.4, -0.2) is 30.4 Å². The molecular formula is C13H18BrFN2O. The number of hydrogen-bond acceptors (Lipinski definition) is 2. The van der Waals surface area contributed by atoms with Gasteiger partial charge in [0, 0.05) is 18.8 Å². The Labute approximate surface area is 115 Å². The van der Waals surface area contributed by atoms with Crippen LogP contribution in [0.4, 0.5) is 10.1 Å². The molecule has 0 spiro atoms. The maximum absolute atomic E-state index is 13.2. The van der Waals surface area contributed by atoms with E-state index in [1.165, 1.54) is 6.07 Å². The summed E-state index contributed by atoms with van der Waals surface area (Å²) in [6.07, 6.45) is 0. The molecule has 18 heavy (non-hydrogen) atoms. The Balaban J connectivity index is 2.69. The van der Waals surface area contributed by atoms with E-state index in [0.29, 0.717) is 17.6 Å². The number of nitrogens with one attached hydrogen (secondary N) is 1. The van der Waals surface area contributed by atoms with Crippen LogP contribution in [0, 0.1) is 12.7 Å². The highest BCUT2D eigenvalue weighted by molar-refractivity contribution is 9.10. The molecule has 0 aliphatic carbocycles. The lowest BCUT2D eigenvalue weighted by molar-refractivity contribution is -0.128. The van der Waals surface area contributed by atoms with E-state index in [4.69, 9.17) is 0 Å². The first-order chi connectivity index (χ1) is 8.49. The van der Waals surface area contributed by atoms with Gasteiger partial charge in [-0.3, -0.25) is 4.79 Å². The van der Waals surface area contributed by atoms with E-state index in [2.05, 4.69) is 21.2 Å². The standard InChI is InChI=1S/C13H18BrFN2O/c1-4-17(5-2)13(18)8-16-12-7-10(14)11(15)6-9(12)3/h6-7,16H,4-5,8H2,1-3H3. The average molecular weight is 317 g/mol. The van der Waals surface area contributed by atoms with Crippen molar-refractivity contribution >= 4 is 27.5 Å².